The van der Waals surface area contributed by atoms with E-state index in [0.717, 1.165) is 10.9 Å². The average molecular weight is 293 g/mol. The number of aromatic amines is 1. The highest BCUT2D eigenvalue weighted by Crippen LogP contribution is 2.20. The van der Waals surface area contributed by atoms with Crippen molar-refractivity contribution in [2.24, 2.45) is 0 Å². The zero-order chi connectivity index (χ0) is 14.9. The SMILES string of the molecule is O=C(c1ccc2[nH]ccc2c1)N1CC(Oc2ccccn2)C1. The predicted octanol–water partition coefficient (Wildman–Crippen LogP) is 2.47. The fourth-order valence-corrected chi connectivity index (χ4v) is 2.63. The van der Waals surface area contributed by atoms with Crippen molar-refractivity contribution in [1.29, 1.82) is 0 Å². The Balaban J connectivity index is 1.40. The topological polar surface area (TPSA) is 58.2 Å². The fraction of sp³-hybridized carbons (Fsp3) is 0.176. The van der Waals surface area contributed by atoms with Crippen molar-refractivity contribution >= 4 is 16.8 Å². The largest absolute Gasteiger partial charge is 0.471 e. The standard InChI is InChI=1S/C17H15N3O2/c21-17(13-4-5-15-12(9-13)6-8-18-15)20-10-14(11-20)22-16-3-1-2-7-19-16/h1-9,14,18H,10-11H2. The Morgan fingerprint density at radius 3 is 2.95 bits per heavy atom. The zero-order valence-electron chi connectivity index (χ0n) is 11.9. The molecular weight excluding hydrogens is 278 g/mol. The van der Waals surface area contributed by atoms with Gasteiger partial charge in [-0.15, -0.1) is 0 Å². The van der Waals surface area contributed by atoms with Gasteiger partial charge in [0, 0.05) is 34.9 Å². The number of carbonyl (C=O) groups is 1. The molecule has 0 radical (unpaired) electrons. The Bertz CT molecular complexity index is 807. The second-order valence-corrected chi connectivity index (χ2v) is 5.40. The maximum absolute atomic E-state index is 12.4. The van der Waals surface area contributed by atoms with Crippen LogP contribution in [0.25, 0.3) is 10.9 Å². The van der Waals surface area contributed by atoms with Gasteiger partial charge in [-0.1, -0.05) is 6.07 Å². The van der Waals surface area contributed by atoms with Crippen LogP contribution in [0.2, 0.25) is 0 Å². The number of aromatic nitrogens is 2. The zero-order valence-corrected chi connectivity index (χ0v) is 11.9. The summed E-state index contributed by atoms with van der Waals surface area (Å²) in [5, 5.41) is 1.05. The van der Waals surface area contributed by atoms with Crippen LogP contribution in [0, 0.1) is 0 Å². The van der Waals surface area contributed by atoms with Gasteiger partial charge in [0.25, 0.3) is 5.91 Å². The molecule has 0 bridgehead atoms. The number of amides is 1. The number of nitrogens with zero attached hydrogens (tertiary/aromatic N) is 2. The fourth-order valence-electron chi connectivity index (χ4n) is 2.63. The molecule has 0 saturated carbocycles. The van der Waals surface area contributed by atoms with E-state index in [1.807, 2.05) is 48.7 Å². The first-order valence-electron chi connectivity index (χ1n) is 7.24. The molecule has 110 valence electrons. The van der Waals surface area contributed by atoms with E-state index in [0.29, 0.717) is 24.5 Å². The van der Waals surface area contributed by atoms with Crippen molar-refractivity contribution in [1.82, 2.24) is 14.9 Å². The van der Waals surface area contributed by atoms with Crippen LogP contribution in [0.5, 0.6) is 5.88 Å². The number of rotatable bonds is 3. The van der Waals surface area contributed by atoms with Gasteiger partial charge < -0.3 is 14.6 Å². The molecule has 2 aromatic heterocycles. The van der Waals surface area contributed by atoms with E-state index in [4.69, 9.17) is 4.74 Å². The summed E-state index contributed by atoms with van der Waals surface area (Å²) in [6.45, 7) is 1.20. The lowest BCUT2D eigenvalue weighted by molar-refractivity contribution is 0.0160. The van der Waals surface area contributed by atoms with Crippen molar-refractivity contribution in [3.8, 4) is 5.88 Å². The first kappa shape index (κ1) is 12.9. The second-order valence-electron chi connectivity index (χ2n) is 5.40. The molecule has 0 aliphatic carbocycles. The highest BCUT2D eigenvalue weighted by Gasteiger charge is 2.33. The van der Waals surface area contributed by atoms with Crippen LogP contribution in [0.4, 0.5) is 0 Å². The van der Waals surface area contributed by atoms with Crippen LogP contribution < -0.4 is 4.74 Å². The lowest BCUT2D eigenvalue weighted by Gasteiger charge is -2.38. The van der Waals surface area contributed by atoms with E-state index in [2.05, 4.69) is 9.97 Å². The maximum Gasteiger partial charge on any atom is 0.254 e. The molecule has 0 atom stereocenters. The number of pyridine rings is 1. The van der Waals surface area contributed by atoms with E-state index in [1.165, 1.54) is 0 Å². The van der Waals surface area contributed by atoms with E-state index < -0.39 is 0 Å². The van der Waals surface area contributed by atoms with Crippen molar-refractivity contribution in [3.05, 3.63) is 60.4 Å². The van der Waals surface area contributed by atoms with Crippen LogP contribution in [0.3, 0.4) is 0 Å². The molecular formula is C17H15N3O2. The molecule has 3 heterocycles. The maximum atomic E-state index is 12.4. The second kappa shape index (κ2) is 5.18. The van der Waals surface area contributed by atoms with Crippen molar-refractivity contribution in [2.45, 2.75) is 6.10 Å². The third-order valence-electron chi connectivity index (χ3n) is 3.86. The lowest BCUT2D eigenvalue weighted by atomic mass is 10.1. The first-order valence-corrected chi connectivity index (χ1v) is 7.24. The first-order chi connectivity index (χ1) is 10.8. The molecule has 0 unspecified atom stereocenters. The normalized spacial score (nSPS) is 14.8. The Kier molecular flexibility index (Phi) is 3.04. The Labute approximate surface area is 127 Å². The average Bonchev–Trinajstić information content (AvgIpc) is 2.98. The third-order valence-corrected chi connectivity index (χ3v) is 3.86. The van der Waals surface area contributed by atoms with Crippen molar-refractivity contribution < 1.29 is 9.53 Å². The lowest BCUT2D eigenvalue weighted by Crippen LogP contribution is -2.56. The van der Waals surface area contributed by atoms with Crippen LogP contribution >= 0.6 is 0 Å². The van der Waals surface area contributed by atoms with Gasteiger partial charge >= 0.3 is 0 Å². The van der Waals surface area contributed by atoms with Crippen LogP contribution in [-0.4, -0.2) is 40.0 Å². The summed E-state index contributed by atoms with van der Waals surface area (Å²) in [6, 6.07) is 13.2. The van der Waals surface area contributed by atoms with Gasteiger partial charge in [-0.2, -0.15) is 0 Å². The molecule has 1 fully saturated rings. The minimum absolute atomic E-state index is 0.0230. The van der Waals surface area contributed by atoms with Gasteiger partial charge in [-0.05, 0) is 30.3 Å². The molecule has 5 nitrogen and oxygen atoms in total. The molecule has 3 aromatic rings. The van der Waals surface area contributed by atoms with E-state index in [1.54, 1.807) is 11.1 Å². The van der Waals surface area contributed by atoms with Crippen molar-refractivity contribution in [2.75, 3.05) is 13.1 Å². The van der Waals surface area contributed by atoms with Crippen molar-refractivity contribution in [3.63, 3.8) is 0 Å². The Morgan fingerprint density at radius 1 is 1.23 bits per heavy atom. The third kappa shape index (κ3) is 2.30. The molecule has 1 aromatic carbocycles. The predicted molar refractivity (Wildman–Crippen MR) is 82.9 cm³/mol. The number of H-pyrrole nitrogens is 1. The number of benzene rings is 1. The van der Waals surface area contributed by atoms with Gasteiger partial charge in [0.15, 0.2) is 0 Å². The number of fused-ring (bicyclic) bond motifs is 1. The number of nitrogens with one attached hydrogen (secondary N) is 1. The summed E-state index contributed by atoms with van der Waals surface area (Å²) in [5.41, 5.74) is 1.75. The Morgan fingerprint density at radius 2 is 2.14 bits per heavy atom. The summed E-state index contributed by atoms with van der Waals surface area (Å²) in [5.74, 6) is 0.650. The number of hydrogen-bond acceptors (Lipinski definition) is 3. The number of ether oxygens (including phenoxy) is 1. The number of carbonyl (C=O) groups excluding carboxylic acids is 1. The van der Waals surface area contributed by atoms with Gasteiger partial charge in [0.2, 0.25) is 5.88 Å². The number of likely N-dealkylation sites (tertiary alicyclic amines) is 1. The van der Waals surface area contributed by atoms with Crippen LogP contribution in [-0.2, 0) is 0 Å². The highest BCUT2D eigenvalue weighted by molar-refractivity contribution is 5.98. The highest BCUT2D eigenvalue weighted by atomic mass is 16.5. The minimum Gasteiger partial charge on any atom is -0.471 e. The van der Waals surface area contributed by atoms with Gasteiger partial charge in [0.1, 0.15) is 6.10 Å². The molecule has 1 saturated heterocycles. The molecule has 5 heteroatoms. The van der Waals surface area contributed by atoms with E-state index >= 15 is 0 Å². The van der Waals surface area contributed by atoms with E-state index in [-0.39, 0.29) is 12.0 Å². The molecule has 4 rings (SSSR count). The number of hydrogen-bond donors (Lipinski definition) is 1. The minimum atomic E-state index is 0.0230. The monoisotopic (exact) mass is 293 g/mol. The quantitative estimate of drug-likeness (QED) is 0.807. The van der Waals surface area contributed by atoms with Gasteiger partial charge in [-0.3, -0.25) is 4.79 Å². The molecule has 0 spiro atoms. The summed E-state index contributed by atoms with van der Waals surface area (Å²) in [6.07, 6.45) is 3.59. The van der Waals surface area contributed by atoms with E-state index in [9.17, 15) is 4.79 Å². The molecule has 1 aliphatic rings. The molecule has 1 amide bonds. The molecule has 1 N–H and O–H groups in total. The summed E-state index contributed by atoms with van der Waals surface area (Å²) in [4.78, 5) is 21.5. The summed E-state index contributed by atoms with van der Waals surface area (Å²) < 4.78 is 5.71. The smallest absolute Gasteiger partial charge is 0.254 e. The van der Waals surface area contributed by atoms with Gasteiger partial charge in [-0.25, -0.2) is 4.98 Å². The van der Waals surface area contributed by atoms with Crippen LogP contribution in [0.15, 0.2) is 54.9 Å². The summed E-state index contributed by atoms with van der Waals surface area (Å²) >= 11 is 0. The Hall–Kier alpha value is -2.82. The van der Waals surface area contributed by atoms with Gasteiger partial charge in [0.05, 0.1) is 13.1 Å². The molecule has 1 aliphatic heterocycles. The summed E-state index contributed by atoms with van der Waals surface area (Å²) in [7, 11) is 0. The molecule has 22 heavy (non-hydrogen) atoms. The van der Waals surface area contributed by atoms with Crippen LogP contribution in [0.1, 0.15) is 10.4 Å².